The molecule has 0 aliphatic carbocycles. The van der Waals surface area contributed by atoms with Gasteiger partial charge in [-0.15, -0.1) is 0 Å². The first-order valence-corrected chi connectivity index (χ1v) is 9.04. The number of hydrazone groups is 1. The molecular weight excluding hydrogens is 316 g/mol. The van der Waals surface area contributed by atoms with Crippen LogP contribution in [0.15, 0.2) is 34.3 Å². The van der Waals surface area contributed by atoms with Crippen LogP contribution in [0.1, 0.15) is 25.8 Å². The molecule has 1 N–H and O–H groups in total. The summed E-state index contributed by atoms with van der Waals surface area (Å²) in [5, 5.41) is 4.07. The molecule has 1 heterocycles. The first-order valence-electron chi connectivity index (χ1n) is 7.15. The molecule has 6 nitrogen and oxygen atoms in total. The Hall–Kier alpha value is -2.15. The lowest BCUT2D eigenvalue weighted by molar-refractivity contribution is -0.121. The lowest BCUT2D eigenvalue weighted by atomic mass is 9.96. The SMILES string of the molecule is COc1cc(C(C)=CC2=NNC(=O)CC2C)ccc1S(C)(=O)=O. The van der Waals surface area contributed by atoms with Crippen molar-refractivity contribution in [2.45, 2.75) is 25.2 Å². The molecule has 1 aromatic carbocycles. The Bertz CT molecular complexity index is 794. The molecule has 0 saturated carbocycles. The van der Waals surface area contributed by atoms with Gasteiger partial charge in [0.1, 0.15) is 10.6 Å². The summed E-state index contributed by atoms with van der Waals surface area (Å²) in [6, 6.07) is 4.96. The molecule has 0 radical (unpaired) electrons. The molecule has 7 heteroatoms. The van der Waals surface area contributed by atoms with Gasteiger partial charge >= 0.3 is 0 Å². The number of carbonyl (C=O) groups is 1. The van der Waals surface area contributed by atoms with Crippen LogP contribution in [0.4, 0.5) is 0 Å². The van der Waals surface area contributed by atoms with Gasteiger partial charge in [0.25, 0.3) is 0 Å². The zero-order valence-electron chi connectivity index (χ0n) is 13.6. The lowest BCUT2D eigenvalue weighted by Gasteiger charge is -2.17. The quantitative estimate of drug-likeness (QED) is 0.911. The number of nitrogens with zero attached hydrogens (tertiary/aromatic N) is 1. The Balaban J connectivity index is 2.38. The molecule has 1 aliphatic rings. The Morgan fingerprint density at radius 1 is 1.43 bits per heavy atom. The van der Waals surface area contributed by atoms with Crippen molar-refractivity contribution < 1.29 is 17.9 Å². The molecule has 124 valence electrons. The van der Waals surface area contributed by atoms with Crippen molar-refractivity contribution >= 4 is 27.0 Å². The van der Waals surface area contributed by atoms with E-state index in [1.807, 2.05) is 19.9 Å². The number of carbonyl (C=O) groups excluding carboxylic acids is 1. The van der Waals surface area contributed by atoms with Crippen molar-refractivity contribution in [2.75, 3.05) is 13.4 Å². The third kappa shape index (κ3) is 3.98. The molecule has 2 rings (SSSR count). The van der Waals surface area contributed by atoms with E-state index in [0.717, 1.165) is 23.1 Å². The molecule has 0 saturated heterocycles. The van der Waals surface area contributed by atoms with Gasteiger partial charge in [-0.3, -0.25) is 4.79 Å². The van der Waals surface area contributed by atoms with Gasteiger partial charge in [-0.1, -0.05) is 13.0 Å². The number of hydrogen-bond acceptors (Lipinski definition) is 5. The Labute approximate surface area is 136 Å². The predicted octanol–water partition coefficient (Wildman–Crippen LogP) is 2.01. The summed E-state index contributed by atoms with van der Waals surface area (Å²) < 4.78 is 28.7. The maximum absolute atomic E-state index is 11.7. The number of benzene rings is 1. The van der Waals surface area contributed by atoms with Crippen LogP contribution in [-0.2, 0) is 14.6 Å². The largest absolute Gasteiger partial charge is 0.495 e. The minimum atomic E-state index is -3.35. The van der Waals surface area contributed by atoms with E-state index in [-0.39, 0.29) is 16.7 Å². The number of allylic oxidation sites excluding steroid dienone is 2. The zero-order valence-corrected chi connectivity index (χ0v) is 14.4. The monoisotopic (exact) mass is 336 g/mol. The first-order chi connectivity index (χ1) is 10.7. The maximum Gasteiger partial charge on any atom is 0.240 e. The van der Waals surface area contributed by atoms with Crippen LogP contribution < -0.4 is 10.2 Å². The normalized spacial score (nSPS) is 19.1. The minimum absolute atomic E-state index is 0.0379. The summed E-state index contributed by atoms with van der Waals surface area (Å²) in [7, 11) is -1.91. The number of rotatable bonds is 4. The smallest absolute Gasteiger partial charge is 0.240 e. The number of amides is 1. The standard InChI is InChI=1S/C16H20N2O4S/c1-10(7-13-11(2)8-16(19)18-17-13)12-5-6-15(23(4,20)21)14(9-12)22-3/h5-7,9,11H,8H2,1-4H3,(H,18,19). The average Bonchev–Trinajstić information content (AvgIpc) is 2.48. The Morgan fingerprint density at radius 3 is 2.70 bits per heavy atom. The van der Waals surface area contributed by atoms with Crippen molar-refractivity contribution in [2.24, 2.45) is 11.0 Å². The van der Waals surface area contributed by atoms with Gasteiger partial charge in [0, 0.05) is 18.6 Å². The van der Waals surface area contributed by atoms with Gasteiger partial charge in [0.05, 0.1) is 12.8 Å². The van der Waals surface area contributed by atoms with E-state index in [1.54, 1.807) is 12.1 Å². The van der Waals surface area contributed by atoms with Gasteiger partial charge in [-0.25, -0.2) is 13.8 Å². The molecule has 1 aromatic rings. The molecule has 0 bridgehead atoms. The summed E-state index contributed by atoms with van der Waals surface area (Å²) in [5.74, 6) is 0.257. The molecule has 1 aliphatic heterocycles. The molecule has 0 spiro atoms. The molecule has 0 fully saturated rings. The van der Waals surface area contributed by atoms with Crippen LogP contribution in [0.25, 0.3) is 5.57 Å². The summed E-state index contributed by atoms with van der Waals surface area (Å²) in [5.41, 5.74) is 5.00. The Morgan fingerprint density at radius 2 is 2.13 bits per heavy atom. The highest BCUT2D eigenvalue weighted by atomic mass is 32.2. The second kappa shape index (κ2) is 6.54. The minimum Gasteiger partial charge on any atom is -0.495 e. The van der Waals surface area contributed by atoms with E-state index in [2.05, 4.69) is 10.5 Å². The third-order valence-electron chi connectivity index (χ3n) is 3.69. The summed E-state index contributed by atoms with van der Waals surface area (Å²) in [4.78, 5) is 11.4. The topological polar surface area (TPSA) is 84.8 Å². The van der Waals surface area contributed by atoms with Gasteiger partial charge in [0.15, 0.2) is 9.84 Å². The van der Waals surface area contributed by atoms with Crippen LogP contribution >= 0.6 is 0 Å². The molecule has 23 heavy (non-hydrogen) atoms. The van der Waals surface area contributed by atoms with Gasteiger partial charge in [-0.05, 0) is 36.3 Å². The van der Waals surface area contributed by atoms with Crippen molar-refractivity contribution in [3.63, 3.8) is 0 Å². The van der Waals surface area contributed by atoms with Crippen molar-refractivity contribution in [1.29, 1.82) is 0 Å². The second-order valence-electron chi connectivity index (χ2n) is 5.64. The molecule has 1 unspecified atom stereocenters. The number of nitrogens with one attached hydrogen (secondary N) is 1. The molecule has 1 amide bonds. The van der Waals surface area contributed by atoms with E-state index in [9.17, 15) is 13.2 Å². The van der Waals surface area contributed by atoms with Crippen molar-refractivity contribution in [3.05, 3.63) is 29.8 Å². The molecular formula is C16H20N2O4S. The summed E-state index contributed by atoms with van der Waals surface area (Å²) >= 11 is 0. The number of methoxy groups -OCH3 is 1. The first kappa shape index (κ1) is 17.2. The fraction of sp³-hybridized carbons (Fsp3) is 0.375. The van der Waals surface area contributed by atoms with Crippen LogP contribution in [0.2, 0.25) is 0 Å². The summed E-state index contributed by atoms with van der Waals surface area (Å²) in [6.45, 7) is 3.84. The van der Waals surface area contributed by atoms with E-state index in [4.69, 9.17) is 4.74 Å². The number of sulfone groups is 1. The number of ether oxygens (including phenoxy) is 1. The van der Waals surface area contributed by atoms with Crippen LogP contribution in [0.3, 0.4) is 0 Å². The Kier molecular flexibility index (Phi) is 4.89. The predicted molar refractivity (Wildman–Crippen MR) is 89.1 cm³/mol. The van der Waals surface area contributed by atoms with E-state index in [0.29, 0.717) is 12.2 Å². The number of hydrogen-bond donors (Lipinski definition) is 1. The average molecular weight is 336 g/mol. The highest BCUT2D eigenvalue weighted by Gasteiger charge is 2.19. The van der Waals surface area contributed by atoms with Crippen molar-refractivity contribution in [3.8, 4) is 5.75 Å². The van der Waals surface area contributed by atoms with Crippen molar-refractivity contribution in [1.82, 2.24) is 5.43 Å². The zero-order chi connectivity index (χ0) is 17.2. The highest BCUT2D eigenvalue weighted by Crippen LogP contribution is 2.28. The lowest BCUT2D eigenvalue weighted by Crippen LogP contribution is -2.30. The summed E-state index contributed by atoms with van der Waals surface area (Å²) in [6.07, 6.45) is 3.44. The second-order valence-corrected chi connectivity index (χ2v) is 7.63. The van der Waals surface area contributed by atoms with E-state index in [1.165, 1.54) is 13.2 Å². The maximum atomic E-state index is 11.7. The van der Waals surface area contributed by atoms with Gasteiger partial charge < -0.3 is 4.74 Å². The molecule has 1 atom stereocenters. The fourth-order valence-electron chi connectivity index (χ4n) is 2.36. The van der Waals surface area contributed by atoms with Crippen LogP contribution in [0.5, 0.6) is 5.75 Å². The fourth-order valence-corrected chi connectivity index (χ4v) is 3.19. The molecule has 0 aromatic heterocycles. The highest BCUT2D eigenvalue weighted by molar-refractivity contribution is 7.90. The van der Waals surface area contributed by atoms with Crippen LogP contribution in [0, 0.1) is 5.92 Å². The van der Waals surface area contributed by atoms with Crippen LogP contribution in [-0.4, -0.2) is 33.4 Å². The van der Waals surface area contributed by atoms with E-state index < -0.39 is 9.84 Å². The third-order valence-corrected chi connectivity index (χ3v) is 4.83. The van der Waals surface area contributed by atoms with Gasteiger partial charge in [-0.2, -0.15) is 5.10 Å². The van der Waals surface area contributed by atoms with Gasteiger partial charge in [0.2, 0.25) is 5.91 Å². The van der Waals surface area contributed by atoms with E-state index >= 15 is 0 Å².